The Kier molecular flexibility index (Phi) is 4.05. The zero-order chi connectivity index (χ0) is 10.6. The van der Waals surface area contributed by atoms with Crippen molar-refractivity contribution in [1.82, 2.24) is 0 Å². The standard InChI is InChI=1S/C12H18O2/c1-9-5-6-11(12(14)8-9)10(2)4-3-7-13/h7-8,10-11H,3-6H2,1-2H3. The lowest BCUT2D eigenvalue weighted by Gasteiger charge is -2.24. The molecular formula is C12H18O2. The van der Waals surface area contributed by atoms with E-state index in [4.69, 9.17) is 0 Å². The fraction of sp³-hybridized carbons (Fsp3) is 0.667. The Hall–Kier alpha value is -0.920. The number of hydrogen-bond donors (Lipinski definition) is 0. The topological polar surface area (TPSA) is 34.1 Å². The van der Waals surface area contributed by atoms with Crippen LogP contribution in [0.3, 0.4) is 0 Å². The Morgan fingerprint density at radius 2 is 2.36 bits per heavy atom. The number of aldehydes is 1. The minimum atomic E-state index is 0.152. The molecule has 0 aromatic heterocycles. The van der Waals surface area contributed by atoms with Gasteiger partial charge in [0.1, 0.15) is 6.29 Å². The van der Waals surface area contributed by atoms with Crippen LogP contribution in [-0.2, 0) is 9.59 Å². The lowest BCUT2D eigenvalue weighted by Crippen LogP contribution is -2.23. The Balaban J connectivity index is 2.52. The summed E-state index contributed by atoms with van der Waals surface area (Å²) >= 11 is 0. The molecule has 2 nitrogen and oxygen atoms in total. The maximum Gasteiger partial charge on any atom is 0.158 e. The number of rotatable bonds is 4. The molecule has 2 unspecified atom stereocenters. The van der Waals surface area contributed by atoms with Gasteiger partial charge in [0.15, 0.2) is 5.78 Å². The SMILES string of the molecule is CC1=CC(=O)C(C(C)CCC=O)CC1. The van der Waals surface area contributed by atoms with E-state index in [-0.39, 0.29) is 11.7 Å². The molecular weight excluding hydrogens is 176 g/mol. The van der Waals surface area contributed by atoms with Crippen molar-refractivity contribution >= 4 is 12.1 Å². The van der Waals surface area contributed by atoms with Crippen molar-refractivity contribution < 1.29 is 9.59 Å². The number of carbonyl (C=O) groups is 2. The molecule has 1 aliphatic rings. The first kappa shape index (κ1) is 11.2. The van der Waals surface area contributed by atoms with E-state index in [9.17, 15) is 9.59 Å². The summed E-state index contributed by atoms with van der Waals surface area (Å²) in [4.78, 5) is 21.9. The number of hydrogen-bond acceptors (Lipinski definition) is 2. The molecule has 0 radical (unpaired) electrons. The van der Waals surface area contributed by atoms with Crippen LogP contribution in [0.5, 0.6) is 0 Å². The zero-order valence-electron chi connectivity index (χ0n) is 8.95. The third-order valence-corrected chi connectivity index (χ3v) is 3.03. The highest BCUT2D eigenvalue weighted by Gasteiger charge is 2.25. The van der Waals surface area contributed by atoms with Crippen LogP contribution in [-0.4, -0.2) is 12.1 Å². The minimum Gasteiger partial charge on any atom is -0.303 e. The maximum atomic E-state index is 11.6. The van der Waals surface area contributed by atoms with Crippen LogP contribution in [0.15, 0.2) is 11.6 Å². The van der Waals surface area contributed by atoms with Gasteiger partial charge < -0.3 is 4.79 Å². The Morgan fingerprint density at radius 3 is 2.93 bits per heavy atom. The number of allylic oxidation sites excluding steroid dienone is 2. The summed E-state index contributed by atoms with van der Waals surface area (Å²) in [6, 6.07) is 0. The zero-order valence-corrected chi connectivity index (χ0v) is 8.95. The molecule has 0 fully saturated rings. The van der Waals surface area contributed by atoms with E-state index in [0.29, 0.717) is 12.3 Å². The van der Waals surface area contributed by atoms with Crippen molar-refractivity contribution in [2.75, 3.05) is 0 Å². The second-order valence-electron chi connectivity index (χ2n) is 4.26. The van der Waals surface area contributed by atoms with Gasteiger partial charge in [-0.1, -0.05) is 12.5 Å². The summed E-state index contributed by atoms with van der Waals surface area (Å²) in [6.45, 7) is 4.07. The number of carbonyl (C=O) groups excluding carboxylic acids is 2. The molecule has 0 aliphatic heterocycles. The first-order valence-electron chi connectivity index (χ1n) is 5.29. The molecule has 0 heterocycles. The van der Waals surface area contributed by atoms with E-state index in [1.165, 1.54) is 5.57 Å². The van der Waals surface area contributed by atoms with Gasteiger partial charge in [-0.3, -0.25) is 4.79 Å². The molecule has 78 valence electrons. The molecule has 1 rings (SSSR count). The van der Waals surface area contributed by atoms with Gasteiger partial charge in [-0.25, -0.2) is 0 Å². The van der Waals surface area contributed by atoms with Gasteiger partial charge in [0.25, 0.3) is 0 Å². The summed E-state index contributed by atoms with van der Waals surface area (Å²) in [6.07, 6.45) is 6.11. The summed E-state index contributed by atoms with van der Waals surface area (Å²) in [5.74, 6) is 0.753. The third kappa shape index (κ3) is 2.79. The molecule has 0 bridgehead atoms. The molecule has 0 saturated heterocycles. The smallest absolute Gasteiger partial charge is 0.158 e. The Labute approximate surface area is 85.4 Å². The fourth-order valence-electron chi connectivity index (χ4n) is 2.04. The molecule has 0 amide bonds. The molecule has 14 heavy (non-hydrogen) atoms. The Morgan fingerprint density at radius 1 is 1.64 bits per heavy atom. The van der Waals surface area contributed by atoms with Gasteiger partial charge >= 0.3 is 0 Å². The van der Waals surface area contributed by atoms with Crippen LogP contribution in [0.2, 0.25) is 0 Å². The Bertz CT molecular complexity index is 253. The van der Waals surface area contributed by atoms with Gasteiger partial charge in [-0.2, -0.15) is 0 Å². The van der Waals surface area contributed by atoms with Gasteiger partial charge in [-0.15, -0.1) is 0 Å². The average molecular weight is 194 g/mol. The minimum absolute atomic E-state index is 0.152. The van der Waals surface area contributed by atoms with Crippen molar-refractivity contribution in [3.8, 4) is 0 Å². The quantitative estimate of drug-likeness (QED) is 0.644. The summed E-state index contributed by atoms with van der Waals surface area (Å²) in [7, 11) is 0. The fourth-order valence-corrected chi connectivity index (χ4v) is 2.04. The normalized spacial score (nSPS) is 24.3. The molecule has 0 aromatic rings. The van der Waals surface area contributed by atoms with Crippen LogP contribution in [0.4, 0.5) is 0 Å². The van der Waals surface area contributed by atoms with Crippen LogP contribution in [0.25, 0.3) is 0 Å². The molecule has 1 aliphatic carbocycles. The molecule has 0 saturated carbocycles. The largest absolute Gasteiger partial charge is 0.303 e. The first-order valence-corrected chi connectivity index (χ1v) is 5.29. The second-order valence-corrected chi connectivity index (χ2v) is 4.26. The molecule has 0 aromatic carbocycles. The van der Waals surface area contributed by atoms with Crippen LogP contribution >= 0.6 is 0 Å². The van der Waals surface area contributed by atoms with Crippen molar-refractivity contribution in [3.63, 3.8) is 0 Å². The molecule has 2 atom stereocenters. The average Bonchev–Trinajstić information content (AvgIpc) is 2.14. The molecule has 2 heteroatoms. The predicted molar refractivity (Wildman–Crippen MR) is 56.0 cm³/mol. The highest BCUT2D eigenvalue weighted by molar-refractivity contribution is 5.93. The molecule has 0 N–H and O–H groups in total. The summed E-state index contributed by atoms with van der Waals surface area (Å²) in [5, 5.41) is 0. The lowest BCUT2D eigenvalue weighted by molar-refractivity contribution is -0.120. The molecule has 0 spiro atoms. The van der Waals surface area contributed by atoms with E-state index < -0.39 is 0 Å². The van der Waals surface area contributed by atoms with Gasteiger partial charge in [0.2, 0.25) is 0 Å². The van der Waals surface area contributed by atoms with Gasteiger partial charge in [0.05, 0.1) is 0 Å². The van der Waals surface area contributed by atoms with Crippen molar-refractivity contribution in [1.29, 1.82) is 0 Å². The highest BCUT2D eigenvalue weighted by atomic mass is 16.1. The maximum absolute atomic E-state index is 11.6. The summed E-state index contributed by atoms with van der Waals surface area (Å²) < 4.78 is 0. The first-order chi connectivity index (χ1) is 6.65. The van der Waals surface area contributed by atoms with Crippen LogP contribution < -0.4 is 0 Å². The lowest BCUT2D eigenvalue weighted by atomic mass is 9.79. The van der Waals surface area contributed by atoms with E-state index in [2.05, 4.69) is 6.92 Å². The van der Waals surface area contributed by atoms with Crippen molar-refractivity contribution in [2.24, 2.45) is 11.8 Å². The van der Waals surface area contributed by atoms with E-state index in [1.807, 2.05) is 6.92 Å². The van der Waals surface area contributed by atoms with Crippen LogP contribution in [0.1, 0.15) is 39.5 Å². The van der Waals surface area contributed by atoms with E-state index in [1.54, 1.807) is 6.08 Å². The van der Waals surface area contributed by atoms with Crippen molar-refractivity contribution in [3.05, 3.63) is 11.6 Å². The van der Waals surface area contributed by atoms with Gasteiger partial charge in [-0.05, 0) is 38.2 Å². The number of ketones is 1. The third-order valence-electron chi connectivity index (χ3n) is 3.03. The second kappa shape index (κ2) is 5.08. The highest BCUT2D eigenvalue weighted by Crippen LogP contribution is 2.28. The van der Waals surface area contributed by atoms with Gasteiger partial charge in [0, 0.05) is 12.3 Å². The van der Waals surface area contributed by atoms with Crippen molar-refractivity contribution in [2.45, 2.75) is 39.5 Å². The van der Waals surface area contributed by atoms with E-state index in [0.717, 1.165) is 25.5 Å². The predicted octanol–water partition coefficient (Wildman–Crippen LogP) is 2.53. The van der Waals surface area contributed by atoms with Crippen LogP contribution in [0, 0.1) is 11.8 Å². The monoisotopic (exact) mass is 194 g/mol. The summed E-state index contributed by atoms with van der Waals surface area (Å²) in [5.41, 5.74) is 1.19. The van der Waals surface area contributed by atoms with E-state index >= 15 is 0 Å².